The van der Waals surface area contributed by atoms with Crippen LogP contribution >= 0.6 is 0 Å². The summed E-state index contributed by atoms with van der Waals surface area (Å²) in [6.07, 6.45) is 6.29. The zero-order valence-corrected chi connectivity index (χ0v) is 17.7. The summed E-state index contributed by atoms with van der Waals surface area (Å²) in [7, 11) is 0. The number of nitrogens with one attached hydrogen (secondary N) is 1. The van der Waals surface area contributed by atoms with Crippen molar-refractivity contribution >= 4 is 12.0 Å². The number of carboxylic acid groups (broad SMARTS) is 1. The Balaban J connectivity index is 1.44. The highest BCUT2D eigenvalue weighted by atomic mass is 16.4. The number of hydrogen-bond acceptors (Lipinski definition) is 3. The molecule has 0 bridgehead atoms. The highest BCUT2D eigenvalue weighted by Crippen LogP contribution is 2.40. The first-order valence-electron chi connectivity index (χ1n) is 10.8. The zero-order valence-electron chi connectivity index (χ0n) is 17.7. The smallest absolute Gasteiger partial charge is 0.306 e. The van der Waals surface area contributed by atoms with E-state index in [1.807, 2.05) is 0 Å². The fourth-order valence-electron chi connectivity index (χ4n) is 4.47. The van der Waals surface area contributed by atoms with Gasteiger partial charge in [-0.25, -0.2) is 0 Å². The van der Waals surface area contributed by atoms with Crippen molar-refractivity contribution in [1.82, 2.24) is 10.2 Å². The molecule has 0 amide bonds. The number of piperidine rings is 1. The molecule has 2 fully saturated rings. The maximum atomic E-state index is 11.1. The van der Waals surface area contributed by atoms with Crippen LogP contribution in [0.2, 0.25) is 0 Å². The van der Waals surface area contributed by atoms with Crippen molar-refractivity contribution in [3.05, 3.63) is 41.5 Å². The summed E-state index contributed by atoms with van der Waals surface area (Å²) in [4.78, 5) is 13.6. The molecule has 28 heavy (non-hydrogen) atoms. The standard InChI is InChI=1S/C24H36N2O2/c1-4-19(14-18-8-6-5-7-9-18)21-15-22(21)25-16-24(2,3)17-26-12-10-20(11-13-26)23(27)28/h5-9,14,20-22,25H,4,10-13,15-17H2,1-3H3,(H,27,28)/b19-14+/t21-,22+/m0/s1. The molecule has 1 aromatic carbocycles. The van der Waals surface area contributed by atoms with Crippen LogP contribution in [0.4, 0.5) is 0 Å². The molecule has 0 radical (unpaired) electrons. The van der Waals surface area contributed by atoms with Crippen LogP contribution in [-0.4, -0.2) is 48.2 Å². The summed E-state index contributed by atoms with van der Waals surface area (Å²) >= 11 is 0. The molecule has 1 aliphatic carbocycles. The third kappa shape index (κ3) is 5.92. The Bertz CT molecular complexity index is 675. The molecule has 2 atom stereocenters. The Hall–Kier alpha value is -1.65. The predicted octanol–water partition coefficient (Wildman–Crippen LogP) is 4.28. The lowest BCUT2D eigenvalue weighted by Gasteiger charge is -2.36. The van der Waals surface area contributed by atoms with E-state index in [0.717, 1.165) is 45.4 Å². The van der Waals surface area contributed by atoms with Gasteiger partial charge in [-0.1, -0.05) is 62.8 Å². The third-order valence-electron chi connectivity index (χ3n) is 6.26. The predicted molar refractivity (Wildman–Crippen MR) is 115 cm³/mol. The summed E-state index contributed by atoms with van der Waals surface area (Å²) < 4.78 is 0. The lowest BCUT2D eigenvalue weighted by molar-refractivity contribution is -0.143. The number of nitrogens with zero attached hydrogens (tertiary/aromatic N) is 1. The number of likely N-dealkylation sites (tertiary alicyclic amines) is 1. The van der Waals surface area contributed by atoms with Crippen molar-refractivity contribution in [1.29, 1.82) is 0 Å². The van der Waals surface area contributed by atoms with Gasteiger partial charge in [-0.15, -0.1) is 0 Å². The van der Waals surface area contributed by atoms with E-state index < -0.39 is 5.97 Å². The van der Waals surface area contributed by atoms with Gasteiger partial charge in [0.05, 0.1) is 5.92 Å². The molecule has 0 aromatic heterocycles. The van der Waals surface area contributed by atoms with Crippen molar-refractivity contribution < 1.29 is 9.90 Å². The van der Waals surface area contributed by atoms with Gasteiger partial charge in [0.2, 0.25) is 0 Å². The van der Waals surface area contributed by atoms with Crippen LogP contribution in [0.5, 0.6) is 0 Å². The van der Waals surface area contributed by atoms with Gasteiger partial charge in [-0.2, -0.15) is 0 Å². The van der Waals surface area contributed by atoms with Crippen molar-refractivity contribution in [2.45, 2.75) is 52.5 Å². The van der Waals surface area contributed by atoms with Crippen LogP contribution in [0.15, 0.2) is 35.9 Å². The van der Waals surface area contributed by atoms with E-state index in [-0.39, 0.29) is 11.3 Å². The number of aliphatic carboxylic acids is 1. The summed E-state index contributed by atoms with van der Waals surface area (Å²) in [6.45, 7) is 10.8. The number of benzene rings is 1. The fourth-order valence-corrected chi connectivity index (χ4v) is 4.47. The monoisotopic (exact) mass is 384 g/mol. The first-order chi connectivity index (χ1) is 13.4. The average molecular weight is 385 g/mol. The summed E-state index contributed by atoms with van der Waals surface area (Å²) in [6, 6.07) is 11.2. The van der Waals surface area contributed by atoms with Gasteiger partial charge in [0.25, 0.3) is 0 Å². The molecule has 4 nitrogen and oxygen atoms in total. The normalized spacial score (nSPS) is 24.3. The van der Waals surface area contributed by atoms with Gasteiger partial charge in [0, 0.05) is 19.1 Å². The Morgan fingerprint density at radius 1 is 1.25 bits per heavy atom. The third-order valence-corrected chi connectivity index (χ3v) is 6.26. The number of hydrogen-bond donors (Lipinski definition) is 2. The molecular formula is C24H36N2O2. The van der Waals surface area contributed by atoms with Crippen LogP contribution in [-0.2, 0) is 4.79 Å². The molecule has 2 N–H and O–H groups in total. The van der Waals surface area contributed by atoms with Crippen LogP contribution in [0.25, 0.3) is 6.08 Å². The Morgan fingerprint density at radius 3 is 2.54 bits per heavy atom. The molecule has 2 aliphatic rings. The Labute approximate surface area is 170 Å². The van der Waals surface area contributed by atoms with Gasteiger partial charge in [0.15, 0.2) is 0 Å². The Morgan fingerprint density at radius 2 is 1.93 bits per heavy atom. The van der Waals surface area contributed by atoms with Crippen molar-refractivity contribution in [2.75, 3.05) is 26.2 Å². The van der Waals surface area contributed by atoms with Crippen LogP contribution < -0.4 is 5.32 Å². The minimum absolute atomic E-state index is 0.145. The molecule has 1 saturated heterocycles. The van der Waals surface area contributed by atoms with Crippen molar-refractivity contribution in [3.8, 4) is 0 Å². The van der Waals surface area contributed by atoms with E-state index in [2.05, 4.69) is 67.4 Å². The van der Waals surface area contributed by atoms with Gasteiger partial charge >= 0.3 is 5.97 Å². The molecule has 1 heterocycles. The molecule has 4 heteroatoms. The SMILES string of the molecule is CC/C(=C\c1ccccc1)[C@@H]1C[C@H]1NCC(C)(C)CN1CCC(C(=O)O)CC1. The lowest BCUT2D eigenvalue weighted by atomic mass is 9.90. The van der Waals surface area contributed by atoms with Gasteiger partial charge in [-0.05, 0) is 55.7 Å². The average Bonchev–Trinajstić information content (AvgIpc) is 3.45. The number of carboxylic acids is 1. The maximum Gasteiger partial charge on any atom is 0.306 e. The Kier molecular flexibility index (Phi) is 6.95. The topological polar surface area (TPSA) is 52.6 Å². The van der Waals surface area contributed by atoms with Crippen molar-refractivity contribution in [2.24, 2.45) is 17.3 Å². The maximum absolute atomic E-state index is 11.1. The van der Waals surface area contributed by atoms with E-state index in [1.54, 1.807) is 5.57 Å². The quantitative estimate of drug-likeness (QED) is 0.667. The highest BCUT2D eigenvalue weighted by molar-refractivity contribution is 5.70. The van der Waals surface area contributed by atoms with Crippen LogP contribution in [0.1, 0.15) is 52.0 Å². The number of carbonyl (C=O) groups is 1. The lowest BCUT2D eigenvalue weighted by Crippen LogP contribution is -2.45. The first kappa shape index (κ1) is 21.1. The molecule has 3 rings (SSSR count). The molecular weight excluding hydrogens is 348 g/mol. The molecule has 0 spiro atoms. The molecule has 1 saturated carbocycles. The first-order valence-corrected chi connectivity index (χ1v) is 10.8. The van der Waals surface area contributed by atoms with E-state index >= 15 is 0 Å². The second kappa shape index (κ2) is 9.23. The largest absolute Gasteiger partial charge is 0.481 e. The molecule has 154 valence electrons. The highest BCUT2D eigenvalue weighted by Gasteiger charge is 2.39. The molecule has 1 aliphatic heterocycles. The summed E-state index contributed by atoms with van der Waals surface area (Å²) in [5, 5.41) is 13.0. The molecule has 0 unspecified atom stereocenters. The van der Waals surface area contributed by atoms with Gasteiger partial charge in [-0.3, -0.25) is 4.79 Å². The van der Waals surface area contributed by atoms with E-state index in [4.69, 9.17) is 5.11 Å². The van der Waals surface area contributed by atoms with Crippen molar-refractivity contribution in [3.63, 3.8) is 0 Å². The fraction of sp³-hybridized carbons (Fsp3) is 0.625. The van der Waals surface area contributed by atoms with Crippen LogP contribution in [0.3, 0.4) is 0 Å². The second-order valence-electron chi connectivity index (χ2n) is 9.37. The number of rotatable bonds is 9. The zero-order chi connectivity index (χ0) is 20.1. The summed E-state index contributed by atoms with van der Waals surface area (Å²) in [5.41, 5.74) is 3.05. The van der Waals surface area contributed by atoms with E-state index in [1.165, 1.54) is 12.0 Å². The molecule has 1 aromatic rings. The second-order valence-corrected chi connectivity index (χ2v) is 9.37. The van der Waals surface area contributed by atoms with Gasteiger partial charge in [0.1, 0.15) is 0 Å². The van der Waals surface area contributed by atoms with E-state index in [9.17, 15) is 4.79 Å². The van der Waals surface area contributed by atoms with E-state index in [0.29, 0.717) is 12.0 Å². The van der Waals surface area contributed by atoms with Gasteiger partial charge < -0.3 is 15.3 Å². The van der Waals surface area contributed by atoms with Crippen LogP contribution in [0, 0.1) is 17.3 Å². The summed E-state index contributed by atoms with van der Waals surface area (Å²) in [5.74, 6) is -0.100. The minimum atomic E-state index is -0.629. The minimum Gasteiger partial charge on any atom is -0.481 e.